The Bertz CT molecular complexity index is 663. The fourth-order valence-corrected chi connectivity index (χ4v) is 2.34. The van der Waals surface area contributed by atoms with Crippen LogP contribution in [0.3, 0.4) is 0 Å². The van der Waals surface area contributed by atoms with Crippen LogP contribution in [0.15, 0.2) is 18.2 Å². The molecule has 150 valence electrons. The van der Waals surface area contributed by atoms with E-state index in [4.69, 9.17) is 4.74 Å². The van der Waals surface area contributed by atoms with E-state index in [-0.39, 0.29) is 24.6 Å². The maximum Gasteiger partial charge on any atom is 0.416 e. The van der Waals surface area contributed by atoms with Crippen molar-refractivity contribution in [2.24, 2.45) is 5.92 Å². The van der Waals surface area contributed by atoms with Gasteiger partial charge in [-0.15, -0.1) is 0 Å². The summed E-state index contributed by atoms with van der Waals surface area (Å²) in [7, 11) is 0. The Hall–Kier alpha value is -2.36. The lowest BCUT2D eigenvalue weighted by molar-refractivity contribution is -0.384. The molecule has 1 aliphatic carbocycles. The molecule has 0 saturated heterocycles. The number of anilines is 1. The average Bonchev–Trinajstić information content (AvgIpc) is 3.41. The molecule has 1 aromatic rings. The lowest BCUT2D eigenvalue weighted by Crippen LogP contribution is -2.27. The largest absolute Gasteiger partial charge is 0.416 e. The topological polar surface area (TPSA) is 93.5 Å². The van der Waals surface area contributed by atoms with Crippen molar-refractivity contribution in [3.05, 3.63) is 33.9 Å². The fraction of sp³-hybridized carbons (Fsp3) is 0.588. The molecule has 0 heterocycles. The maximum atomic E-state index is 12.7. The number of amides is 1. The summed E-state index contributed by atoms with van der Waals surface area (Å²) in [5.74, 6) is 0.444. The number of ether oxygens (including phenoxy) is 1. The molecule has 0 bridgehead atoms. The second-order valence-corrected chi connectivity index (χ2v) is 6.39. The van der Waals surface area contributed by atoms with Crippen LogP contribution < -0.4 is 10.6 Å². The standard InChI is InChI=1S/C17H22F3N3O4/c18-17(19,20)13-4-5-14(15(10-13)23(25)26)21-8-6-16(24)22-7-1-9-27-11-12-2-3-12/h4-5,10,12,21H,1-3,6-9,11H2,(H,22,24). The first-order valence-corrected chi connectivity index (χ1v) is 8.71. The highest BCUT2D eigenvalue weighted by atomic mass is 19.4. The Morgan fingerprint density at radius 2 is 2.04 bits per heavy atom. The van der Waals surface area contributed by atoms with E-state index in [1.54, 1.807) is 0 Å². The zero-order chi connectivity index (χ0) is 19.9. The minimum absolute atomic E-state index is 0.0428. The molecule has 1 aromatic carbocycles. The molecular formula is C17H22F3N3O4. The molecule has 1 aliphatic rings. The minimum atomic E-state index is -4.66. The van der Waals surface area contributed by atoms with E-state index in [0.29, 0.717) is 31.6 Å². The van der Waals surface area contributed by atoms with E-state index >= 15 is 0 Å². The smallest absolute Gasteiger partial charge is 0.381 e. The summed E-state index contributed by atoms with van der Waals surface area (Å²) in [5.41, 5.74) is -1.84. The van der Waals surface area contributed by atoms with Gasteiger partial charge in [-0.3, -0.25) is 14.9 Å². The highest BCUT2D eigenvalue weighted by Crippen LogP contribution is 2.34. The summed E-state index contributed by atoms with van der Waals surface area (Å²) >= 11 is 0. The summed E-state index contributed by atoms with van der Waals surface area (Å²) in [6.45, 7) is 1.87. The summed E-state index contributed by atoms with van der Waals surface area (Å²) < 4.78 is 43.4. The molecule has 7 nitrogen and oxygen atoms in total. The van der Waals surface area contributed by atoms with Crippen LogP contribution in [-0.4, -0.2) is 37.1 Å². The van der Waals surface area contributed by atoms with Gasteiger partial charge in [0.25, 0.3) is 5.69 Å². The van der Waals surface area contributed by atoms with E-state index in [2.05, 4.69) is 10.6 Å². The zero-order valence-corrected chi connectivity index (χ0v) is 14.7. The van der Waals surface area contributed by atoms with E-state index in [1.807, 2.05) is 0 Å². The number of halogens is 3. The van der Waals surface area contributed by atoms with Crippen LogP contribution in [0.4, 0.5) is 24.5 Å². The molecule has 0 atom stereocenters. The first kappa shape index (κ1) is 20.9. The molecule has 1 amide bonds. The van der Waals surface area contributed by atoms with Crippen molar-refractivity contribution in [2.75, 3.05) is 31.6 Å². The number of benzene rings is 1. The molecule has 0 unspecified atom stereocenters. The van der Waals surface area contributed by atoms with Gasteiger partial charge in [0.2, 0.25) is 5.91 Å². The SMILES string of the molecule is O=C(CCNc1ccc(C(F)(F)F)cc1[N+](=O)[O-])NCCCOCC1CC1. The second-order valence-electron chi connectivity index (χ2n) is 6.39. The molecule has 0 aromatic heterocycles. The van der Waals surface area contributed by atoms with Gasteiger partial charge >= 0.3 is 6.18 Å². The Kier molecular flexibility index (Phi) is 7.40. The van der Waals surface area contributed by atoms with Gasteiger partial charge in [-0.25, -0.2) is 0 Å². The van der Waals surface area contributed by atoms with Gasteiger partial charge in [0.05, 0.1) is 10.5 Å². The molecule has 27 heavy (non-hydrogen) atoms. The van der Waals surface area contributed by atoms with Crippen LogP contribution in [0.5, 0.6) is 0 Å². The van der Waals surface area contributed by atoms with Gasteiger partial charge < -0.3 is 15.4 Å². The molecule has 2 rings (SSSR count). The lowest BCUT2D eigenvalue weighted by atomic mass is 10.1. The van der Waals surface area contributed by atoms with Crippen LogP contribution in [0.1, 0.15) is 31.2 Å². The number of hydrogen-bond acceptors (Lipinski definition) is 5. The summed E-state index contributed by atoms with van der Waals surface area (Å²) in [6, 6.07) is 2.23. The van der Waals surface area contributed by atoms with Crippen molar-refractivity contribution >= 4 is 17.3 Å². The van der Waals surface area contributed by atoms with E-state index in [0.717, 1.165) is 18.7 Å². The van der Waals surface area contributed by atoms with Crippen LogP contribution in [-0.2, 0) is 15.7 Å². The third kappa shape index (κ3) is 7.41. The maximum absolute atomic E-state index is 12.7. The molecular weight excluding hydrogens is 367 g/mol. The van der Waals surface area contributed by atoms with E-state index < -0.39 is 22.4 Å². The van der Waals surface area contributed by atoms with Gasteiger partial charge in [0, 0.05) is 38.8 Å². The molecule has 2 N–H and O–H groups in total. The Morgan fingerprint density at radius 3 is 2.67 bits per heavy atom. The van der Waals surface area contributed by atoms with Gasteiger partial charge in [0.1, 0.15) is 5.69 Å². The van der Waals surface area contributed by atoms with Gasteiger partial charge in [-0.1, -0.05) is 0 Å². The van der Waals surface area contributed by atoms with Crippen molar-refractivity contribution in [1.82, 2.24) is 5.32 Å². The number of hydrogen-bond donors (Lipinski definition) is 2. The predicted molar refractivity (Wildman–Crippen MR) is 92.4 cm³/mol. The molecule has 0 aliphatic heterocycles. The van der Waals surface area contributed by atoms with Gasteiger partial charge in [0.15, 0.2) is 0 Å². The predicted octanol–water partition coefficient (Wildman–Crippen LogP) is 3.35. The van der Waals surface area contributed by atoms with Crippen LogP contribution >= 0.6 is 0 Å². The number of carbonyl (C=O) groups is 1. The first-order chi connectivity index (χ1) is 12.8. The van der Waals surface area contributed by atoms with Crippen LogP contribution in [0, 0.1) is 16.0 Å². The number of nitro benzene ring substituents is 1. The van der Waals surface area contributed by atoms with Crippen LogP contribution in [0.2, 0.25) is 0 Å². The monoisotopic (exact) mass is 389 g/mol. The second kappa shape index (κ2) is 9.54. The molecule has 1 saturated carbocycles. The highest BCUT2D eigenvalue weighted by molar-refractivity contribution is 5.76. The Labute approximate surface area is 154 Å². The lowest BCUT2D eigenvalue weighted by Gasteiger charge is -2.11. The molecule has 0 spiro atoms. The Balaban J connectivity index is 1.70. The summed E-state index contributed by atoms with van der Waals surface area (Å²) in [6.07, 6.45) is -1.48. The number of rotatable bonds is 11. The highest BCUT2D eigenvalue weighted by Gasteiger charge is 2.33. The van der Waals surface area contributed by atoms with E-state index in [9.17, 15) is 28.1 Å². The normalized spacial score (nSPS) is 14.0. The average molecular weight is 389 g/mol. The number of nitro groups is 1. The molecule has 1 fully saturated rings. The van der Waals surface area contributed by atoms with E-state index in [1.165, 1.54) is 12.8 Å². The third-order valence-electron chi connectivity index (χ3n) is 4.03. The fourth-order valence-electron chi connectivity index (χ4n) is 2.34. The minimum Gasteiger partial charge on any atom is -0.381 e. The Morgan fingerprint density at radius 1 is 1.30 bits per heavy atom. The number of carbonyl (C=O) groups excluding carboxylic acids is 1. The van der Waals surface area contributed by atoms with Gasteiger partial charge in [-0.05, 0) is 37.3 Å². The van der Waals surface area contributed by atoms with Crippen molar-refractivity contribution in [1.29, 1.82) is 0 Å². The third-order valence-corrected chi connectivity index (χ3v) is 4.03. The van der Waals surface area contributed by atoms with Crippen LogP contribution in [0.25, 0.3) is 0 Å². The van der Waals surface area contributed by atoms with Crippen molar-refractivity contribution < 1.29 is 27.6 Å². The van der Waals surface area contributed by atoms with Gasteiger partial charge in [-0.2, -0.15) is 13.2 Å². The number of nitrogens with one attached hydrogen (secondary N) is 2. The summed E-state index contributed by atoms with van der Waals surface area (Å²) in [4.78, 5) is 21.8. The number of nitrogens with zero attached hydrogens (tertiary/aromatic N) is 1. The van der Waals surface area contributed by atoms with Crippen molar-refractivity contribution in [3.8, 4) is 0 Å². The molecule has 0 radical (unpaired) electrons. The zero-order valence-electron chi connectivity index (χ0n) is 14.7. The molecule has 10 heteroatoms. The van der Waals surface area contributed by atoms with Crippen molar-refractivity contribution in [3.63, 3.8) is 0 Å². The first-order valence-electron chi connectivity index (χ1n) is 8.71. The quantitative estimate of drug-likeness (QED) is 0.344. The number of alkyl halides is 3. The van der Waals surface area contributed by atoms with Crippen molar-refractivity contribution in [2.45, 2.75) is 31.9 Å². The summed E-state index contributed by atoms with van der Waals surface area (Å²) in [5, 5.41) is 16.3.